The molecule has 1 aromatic carbocycles. The molecule has 3 rings (SSSR count). The molecule has 5 nitrogen and oxygen atoms in total. The molecule has 1 aromatic rings. The van der Waals surface area contributed by atoms with Crippen LogP contribution in [-0.4, -0.2) is 35.8 Å². The first kappa shape index (κ1) is 14.4. The van der Waals surface area contributed by atoms with Gasteiger partial charge in [-0.05, 0) is 52.9 Å². The summed E-state index contributed by atoms with van der Waals surface area (Å²) in [5.74, 6) is 0.499. The smallest absolute Gasteiger partial charge is 0.255 e. The van der Waals surface area contributed by atoms with Gasteiger partial charge >= 0.3 is 0 Å². The number of anilines is 1. The third-order valence-corrected chi connectivity index (χ3v) is 5.02. The van der Waals surface area contributed by atoms with Gasteiger partial charge < -0.3 is 16.0 Å². The molecule has 0 aliphatic carbocycles. The van der Waals surface area contributed by atoms with E-state index in [0.717, 1.165) is 17.3 Å². The second kappa shape index (κ2) is 5.67. The van der Waals surface area contributed by atoms with Crippen molar-refractivity contribution in [3.8, 4) is 0 Å². The average molecular weight is 352 g/mol. The number of benzene rings is 1. The van der Waals surface area contributed by atoms with Crippen molar-refractivity contribution in [2.75, 3.05) is 18.8 Å². The fourth-order valence-corrected chi connectivity index (χ4v) is 3.59. The van der Waals surface area contributed by atoms with Gasteiger partial charge in [0.1, 0.15) is 0 Å². The van der Waals surface area contributed by atoms with Gasteiger partial charge in [-0.3, -0.25) is 9.59 Å². The normalized spacial score (nSPS) is 25.2. The molecule has 0 saturated carbocycles. The summed E-state index contributed by atoms with van der Waals surface area (Å²) in [5, 5.41) is 3.03. The van der Waals surface area contributed by atoms with E-state index in [1.165, 1.54) is 0 Å². The summed E-state index contributed by atoms with van der Waals surface area (Å²) in [5.41, 5.74) is 6.97. The van der Waals surface area contributed by atoms with Gasteiger partial charge in [-0.1, -0.05) is 0 Å². The number of amides is 2. The van der Waals surface area contributed by atoms with Gasteiger partial charge in [-0.25, -0.2) is 0 Å². The van der Waals surface area contributed by atoms with E-state index in [4.69, 9.17) is 5.73 Å². The number of piperidine rings is 2. The van der Waals surface area contributed by atoms with Gasteiger partial charge in [-0.15, -0.1) is 0 Å². The SMILES string of the molecule is Nc1ccc(Br)c(C(=O)N2CCC3NC(=O)CCC3C2)c1. The van der Waals surface area contributed by atoms with Gasteiger partial charge in [0.2, 0.25) is 5.91 Å². The molecule has 2 atom stereocenters. The van der Waals surface area contributed by atoms with Crippen LogP contribution < -0.4 is 11.1 Å². The van der Waals surface area contributed by atoms with Gasteiger partial charge in [-0.2, -0.15) is 0 Å². The van der Waals surface area contributed by atoms with Crippen LogP contribution in [0.3, 0.4) is 0 Å². The molecule has 0 bridgehead atoms. The first-order chi connectivity index (χ1) is 10.0. The molecule has 112 valence electrons. The summed E-state index contributed by atoms with van der Waals surface area (Å²) >= 11 is 3.41. The van der Waals surface area contributed by atoms with Crippen LogP contribution in [0.5, 0.6) is 0 Å². The van der Waals surface area contributed by atoms with Crippen molar-refractivity contribution in [1.29, 1.82) is 0 Å². The minimum absolute atomic E-state index is 0.00419. The van der Waals surface area contributed by atoms with Crippen molar-refractivity contribution in [2.45, 2.75) is 25.3 Å². The average Bonchev–Trinajstić information content (AvgIpc) is 2.48. The highest BCUT2D eigenvalue weighted by molar-refractivity contribution is 9.10. The number of fused-ring (bicyclic) bond motifs is 1. The fourth-order valence-electron chi connectivity index (χ4n) is 3.17. The van der Waals surface area contributed by atoms with Gasteiger partial charge in [0.25, 0.3) is 5.91 Å². The van der Waals surface area contributed by atoms with Gasteiger partial charge in [0.15, 0.2) is 0 Å². The predicted octanol–water partition coefficient (Wildman–Crippen LogP) is 1.77. The van der Waals surface area contributed by atoms with Gasteiger partial charge in [0, 0.05) is 35.7 Å². The van der Waals surface area contributed by atoms with Crippen LogP contribution in [0, 0.1) is 5.92 Å². The van der Waals surface area contributed by atoms with Crippen LogP contribution in [0.25, 0.3) is 0 Å². The standard InChI is InChI=1S/C15H18BrN3O2/c16-12-3-2-10(17)7-11(12)15(21)19-6-5-13-9(8-19)1-4-14(20)18-13/h2-3,7,9,13H,1,4-6,8,17H2,(H,18,20). The summed E-state index contributed by atoms with van der Waals surface area (Å²) in [7, 11) is 0. The number of nitrogen functional groups attached to an aromatic ring is 1. The van der Waals surface area contributed by atoms with E-state index in [2.05, 4.69) is 21.2 Å². The Morgan fingerprint density at radius 1 is 1.38 bits per heavy atom. The monoisotopic (exact) mass is 351 g/mol. The molecule has 0 spiro atoms. The lowest BCUT2D eigenvalue weighted by atomic mass is 9.85. The molecule has 6 heteroatoms. The molecule has 2 heterocycles. The Bertz CT molecular complexity index is 590. The number of carbonyl (C=O) groups is 2. The van der Waals surface area contributed by atoms with E-state index in [9.17, 15) is 9.59 Å². The summed E-state index contributed by atoms with van der Waals surface area (Å²) in [6.45, 7) is 1.37. The summed E-state index contributed by atoms with van der Waals surface area (Å²) in [4.78, 5) is 26.0. The minimum Gasteiger partial charge on any atom is -0.399 e. The maximum Gasteiger partial charge on any atom is 0.255 e. The molecule has 2 unspecified atom stereocenters. The zero-order valence-electron chi connectivity index (χ0n) is 11.6. The van der Waals surface area contributed by atoms with E-state index in [-0.39, 0.29) is 17.9 Å². The molecule has 2 aliphatic rings. The fraction of sp³-hybridized carbons (Fsp3) is 0.467. The second-order valence-electron chi connectivity index (χ2n) is 5.75. The number of nitrogens with one attached hydrogen (secondary N) is 1. The van der Waals surface area contributed by atoms with E-state index in [0.29, 0.717) is 36.7 Å². The maximum atomic E-state index is 12.7. The number of carbonyl (C=O) groups excluding carboxylic acids is 2. The number of nitrogens with two attached hydrogens (primary N) is 1. The van der Waals surface area contributed by atoms with Crippen LogP contribution in [0.4, 0.5) is 5.69 Å². The predicted molar refractivity (Wildman–Crippen MR) is 83.7 cm³/mol. The van der Waals surface area contributed by atoms with Crippen LogP contribution in [0.15, 0.2) is 22.7 Å². The highest BCUT2D eigenvalue weighted by atomic mass is 79.9. The topological polar surface area (TPSA) is 75.4 Å². The largest absolute Gasteiger partial charge is 0.399 e. The summed E-state index contributed by atoms with van der Waals surface area (Å²) in [6, 6.07) is 5.50. The van der Waals surface area contributed by atoms with Crippen LogP contribution in [-0.2, 0) is 4.79 Å². The zero-order chi connectivity index (χ0) is 15.0. The van der Waals surface area contributed by atoms with Crippen molar-refractivity contribution in [3.63, 3.8) is 0 Å². The quantitative estimate of drug-likeness (QED) is 0.757. The van der Waals surface area contributed by atoms with Crippen molar-refractivity contribution < 1.29 is 9.59 Å². The number of likely N-dealkylation sites (tertiary alicyclic amines) is 1. The number of rotatable bonds is 1. The molecule has 0 aromatic heterocycles. The highest BCUT2D eigenvalue weighted by Gasteiger charge is 2.35. The van der Waals surface area contributed by atoms with Crippen molar-refractivity contribution in [2.24, 2.45) is 5.92 Å². The molecule has 3 N–H and O–H groups in total. The van der Waals surface area contributed by atoms with Crippen LogP contribution >= 0.6 is 15.9 Å². The second-order valence-corrected chi connectivity index (χ2v) is 6.61. The Morgan fingerprint density at radius 3 is 3.00 bits per heavy atom. The Labute approximate surface area is 132 Å². The third-order valence-electron chi connectivity index (χ3n) is 4.33. The lowest BCUT2D eigenvalue weighted by Gasteiger charge is -2.41. The Kier molecular flexibility index (Phi) is 3.89. The first-order valence-corrected chi connectivity index (χ1v) is 7.97. The third kappa shape index (κ3) is 2.90. The lowest BCUT2D eigenvalue weighted by Crippen LogP contribution is -2.55. The number of nitrogens with zero attached hydrogens (tertiary/aromatic N) is 1. The number of halogens is 1. The highest BCUT2D eigenvalue weighted by Crippen LogP contribution is 2.28. The van der Waals surface area contributed by atoms with Crippen molar-refractivity contribution in [3.05, 3.63) is 28.2 Å². The Hall–Kier alpha value is -1.56. The molecular weight excluding hydrogens is 334 g/mol. The Balaban J connectivity index is 1.74. The van der Waals surface area contributed by atoms with E-state index in [1.807, 2.05) is 4.90 Å². The van der Waals surface area contributed by atoms with Gasteiger partial charge in [0.05, 0.1) is 5.56 Å². The molecule has 2 saturated heterocycles. The number of hydrogen-bond acceptors (Lipinski definition) is 3. The Morgan fingerprint density at radius 2 is 2.19 bits per heavy atom. The van der Waals surface area contributed by atoms with Crippen molar-refractivity contribution in [1.82, 2.24) is 10.2 Å². The first-order valence-electron chi connectivity index (χ1n) is 7.18. The van der Waals surface area contributed by atoms with Crippen LogP contribution in [0.2, 0.25) is 0 Å². The molecule has 2 aliphatic heterocycles. The van der Waals surface area contributed by atoms with E-state index >= 15 is 0 Å². The zero-order valence-corrected chi connectivity index (χ0v) is 13.2. The molecule has 2 amide bonds. The number of hydrogen-bond donors (Lipinski definition) is 2. The lowest BCUT2D eigenvalue weighted by molar-refractivity contribution is -0.125. The molecule has 2 fully saturated rings. The van der Waals surface area contributed by atoms with E-state index < -0.39 is 0 Å². The molecular formula is C15H18BrN3O2. The summed E-state index contributed by atoms with van der Waals surface area (Å²) in [6.07, 6.45) is 2.24. The molecule has 21 heavy (non-hydrogen) atoms. The molecule has 0 radical (unpaired) electrons. The maximum absolute atomic E-state index is 12.7. The van der Waals surface area contributed by atoms with Crippen LogP contribution in [0.1, 0.15) is 29.6 Å². The minimum atomic E-state index is 0.00419. The van der Waals surface area contributed by atoms with E-state index in [1.54, 1.807) is 18.2 Å². The van der Waals surface area contributed by atoms with Crippen molar-refractivity contribution >= 4 is 33.4 Å². The summed E-state index contributed by atoms with van der Waals surface area (Å²) < 4.78 is 0.765.